The summed E-state index contributed by atoms with van der Waals surface area (Å²) in [5.74, 6) is 0.0977. The van der Waals surface area contributed by atoms with Crippen LogP contribution in [0.1, 0.15) is 35.2 Å². The van der Waals surface area contributed by atoms with E-state index < -0.39 is 6.04 Å². The fourth-order valence-electron chi connectivity index (χ4n) is 4.49. The van der Waals surface area contributed by atoms with Crippen molar-refractivity contribution in [1.82, 2.24) is 15.8 Å². The maximum Gasteiger partial charge on any atom is 0.242 e. The third-order valence-corrected chi connectivity index (χ3v) is 5.70. The molecule has 2 aliphatic rings. The monoisotopic (exact) mass is 383 g/mol. The van der Waals surface area contributed by atoms with E-state index in [2.05, 4.69) is 10.9 Å². The molecule has 0 bridgehead atoms. The maximum absolute atomic E-state index is 13.1. The first-order valence-electron chi connectivity index (χ1n) is 9.52. The Morgan fingerprint density at radius 3 is 2.61 bits per heavy atom. The Morgan fingerprint density at radius 2 is 1.86 bits per heavy atom. The van der Waals surface area contributed by atoms with Gasteiger partial charge in [-0.1, -0.05) is 29.8 Å². The summed E-state index contributed by atoms with van der Waals surface area (Å²) in [6.45, 7) is 2.39. The third-order valence-electron chi connectivity index (χ3n) is 5.70. The van der Waals surface area contributed by atoms with Crippen LogP contribution in [0.5, 0.6) is 11.5 Å². The Labute approximate surface area is 163 Å². The number of carbonyl (C=O) groups excluding carboxylic acids is 1. The summed E-state index contributed by atoms with van der Waals surface area (Å²) in [5.41, 5.74) is 8.90. The number of amides is 1. The number of fused-ring (bicyclic) bond motifs is 1. The van der Waals surface area contributed by atoms with Gasteiger partial charge in [0, 0.05) is 24.6 Å². The molecule has 1 amide bonds. The van der Waals surface area contributed by atoms with Gasteiger partial charge in [-0.25, -0.2) is 10.9 Å². The molecule has 7 nitrogen and oxygen atoms in total. The first-order chi connectivity index (χ1) is 13.5. The standard InChI is InChI=1S/C21H25N3O4/c1-12-6-7-16(27)15(10-12)18-17-19(23-22-18)21(28)24(8-3-9-25)20(17)13-4-2-5-14(26)11-13/h2,4-7,10-11,17-20,22-23,25-27H,3,8-9H2,1H3. The Hall–Kier alpha value is -2.61. The molecule has 2 aliphatic heterocycles. The number of hydrogen-bond donors (Lipinski definition) is 5. The quantitative estimate of drug-likeness (QED) is 0.536. The van der Waals surface area contributed by atoms with Crippen molar-refractivity contribution >= 4 is 5.91 Å². The summed E-state index contributed by atoms with van der Waals surface area (Å²) in [6, 6.07) is 11.4. The normalized spacial score (nSPS) is 26.6. The zero-order valence-corrected chi connectivity index (χ0v) is 15.7. The van der Waals surface area contributed by atoms with Gasteiger partial charge in [-0.05, 0) is 37.1 Å². The summed E-state index contributed by atoms with van der Waals surface area (Å²) in [5, 5.41) is 29.7. The predicted octanol–water partition coefficient (Wildman–Crippen LogP) is 1.51. The zero-order chi connectivity index (χ0) is 19.8. The Bertz CT molecular complexity index is 888. The number of phenolic OH excluding ortho intramolecular Hbond substituents is 2. The van der Waals surface area contributed by atoms with Crippen LogP contribution in [0.4, 0.5) is 0 Å². The first kappa shape index (κ1) is 18.7. The molecule has 5 N–H and O–H groups in total. The van der Waals surface area contributed by atoms with E-state index in [1.54, 1.807) is 29.2 Å². The minimum atomic E-state index is -0.448. The van der Waals surface area contributed by atoms with Gasteiger partial charge in [-0.3, -0.25) is 4.79 Å². The van der Waals surface area contributed by atoms with Gasteiger partial charge < -0.3 is 20.2 Å². The molecule has 2 heterocycles. The predicted molar refractivity (Wildman–Crippen MR) is 103 cm³/mol. The van der Waals surface area contributed by atoms with E-state index in [0.717, 1.165) is 16.7 Å². The SMILES string of the molecule is Cc1ccc(O)c(C2NNC3C(=O)N(CCCO)C(c4cccc(O)c4)C32)c1. The molecule has 0 saturated carbocycles. The van der Waals surface area contributed by atoms with Gasteiger partial charge in [-0.2, -0.15) is 0 Å². The lowest BCUT2D eigenvalue weighted by Gasteiger charge is -2.31. The number of carbonyl (C=O) groups is 1. The molecule has 0 aliphatic carbocycles. The zero-order valence-electron chi connectivity index (χ0n) is 15.7. The van der Waals surface area contributed by atoms with Gasteiger partial charge in [0.2, 0.25) is 5.91 Å². The molecule has 2 aromatic carbocycles. The van der Waals surface area contributed by atoms with E-state index in [1.807, 2.05) is 25.1 Å². The van der Waals surface area contributed by atoms with Gasteiger partial charge in [0.05, 0.1) is 12.1 Å². The molecule has 7 heteroatoms. The minimum absolute atomic E-state index is 0.000349. The molecule has 4 rings (SSSR count). The van der Waals surface area contributed by atoms with Crippen molar-refractivity contribution in [2.45, 2.75) is 31.5 Å². The lowest BCUT2D eigenvalue weighted by molar-refractivity contribution is -0.130. The van der Waals surface area contributed by atoms with Crippen LogP contribution in [0.2, 0.25) is 0 Å². The van der Waals surface area contributed by atoms with Crippen LogP contribution in [-0.4, -0.2) is 45.3 Å². The molecule has 4 unspecified atom stereocenters. The molecule has 148 valence electrons. The Morgan fingerprint density at radius 1 is 1.07 bits per heavy atom. The first-order valence-corrected chi connectivity index (χ1v) is 9.52. The fraction of sp³-hybridized carbons (Fsp3) is 0.381. The summed E-state index contributed by atoms with van der Waals surface area (Å²) in [7, 11) is 0. The second-order valence-corrected chi connectivity index (χ2v) is 7.53. The van der Waals surface area contributed by atoms with Crippen LogP contribution in [0.25, 0.3) is 0 Å². The largest absolute Gasteiger partial charge is 0.508 e. The van der Waals surface area contributed by atoms with Gasteiger partial charge in [0.1, 0.15) is 17.5 Å². The third kappa shape index (κ3) is 3.11. The van der Waals surface area contributed by atoms with E-state index in [9.17, 15) is 20.1 Å². The number of nitrogens with one attached hydrogen (secondary N) is 2. The van der Waals surface area contributed by atoms with Gasteiger partial charge in [0.25, 0.3) is 0 Å². The molecule has 2 saturated heterocycles. The number of aryl methyl sites for hydroxylation is 1. The number of phenols is 2. The van der Waals surface area contributed by atoms with Crippen molar-refractivity contribution in [2.75, 3.05) is 13.2 Å². The number of aromatic hydroxyl groups is 2. The maximum atomic E-state index is 13.1. The molecule has 0 aromatic heterocycles. The topological polar surface area (TPSA) is 105 Å². The van der Waals surface area contributed by atoms with E-state index in [-0.39, 0.29) is 42.0 Å². The van der Waals surface area contributed by atoms with Crippen LogP contribution < -0.4 is 10.9 Å². The smallest absolute Gasteiger partial charge is 0.242 e. The number of nitrogens with zero attached hydrogens (tertiary/aromatic N) is 1. The fourth-order valence-corrected chi connectivity index (χ4v) is 4.49. The van der Waals surface area contributed by atoms with E-state index in [4.69, 9.17) is 0 Å². The summed E-state index contributed by atoms with van der Waals surface area (Å²) in [6.07, 6.45) is 0.480. The summed E-state index contributed by atoms with van der Waals surface area (Å²) in [4.78, 5) is 14.9. The molecule has 2 fully saturated rings. The number of rotatable bonds is 5. The van der Waals surface area contributed by atoms with Gasteiger partial charge in [-0.15, -0.1) is 0 Å². The molecule has 0 radical (unpaired) electrons. The number of benzene rings is 2. The van der Waals surface area contributed by atoms with Crippen LogP contribution in [0.3, 0.4) is 0 Å². The molecule has 4 atom stereocenters. The molecule has 28 heavy (non-hydrogen) atoms. The van der Waals surface area contributed by atoms with Crippen LogP contribution in [0, 0.1) is 12.8 Å². The number of likely N-dealkylation sites (tertiary alicyclic amines) is 1. The highest BCUT2D eigenvalue weighted by molar-refractivity contribution is 5.86. The highest BCUT2D eigenvalue weighted by Gasteiger charge is 2.55. The van der Waals surface area contributed by atoms with E-state index >= 15 is 0 Å². The van der Waals surface area contributed by atoms with E-state index in [0.29, 0.717) is 13.0 Å². The molecule has 0 spiro atoms. The summed E-state index contributed by atoms with van der Waals surface area (Å²) >= 11 is 0. The lowest BCUT2D eigenvalue weighted by Crippen LogP contribution is -2.41. The number of hydrazine groups is 1. The Balaban J connectivity index is 1.78. The van der Waals surface area contributed by atoms with E-state index in [1.165, 1.54) is 0 Å². The highest BCUT2D eigenvalue weighted by atomic mass is 16.3. The van der Waals surface area contributed by atoms with Gasteiger partial charge >= 0.3 is 0 Å². The van der Waals surface area contributed by atoms with Crippen LogP contribution in [0.15, 0.2) is 42.5 Å². The molecule has 2 aromatic rings. The number of aliphatic hydroxyl groups excluding tert-OH is 1. The number of hydrogen-bond acceptors (Lipinski definition) is 6. The van der Waals surface area contributed by atoms with Crippen molar-refractivity contribution in [3.05, 3.63) is 59.2 Å². The summed E-state index contributed by atoms with van der Waals surface area (Å²) < 4.78 is 0. The average Bonchev–Trinajstić information content (AvgIpc) is 3.21. The van der Waals surface area contributed by atoms with Crippen molar-refractivity contribution in [3.8, 4) is 11.5 Å². The minimum Gasteiger partial charge on any atom is -0.508 e. The lowest BCUT2D eigenvalue weighted by atomic mass is 9.82. The van der Waals surface area contributed by atoms with Gasteiger partial charge in [0.15, 0.2) is 0 Å². The second kappa shape index (κ2) is 7.43. The van der Waals surface area contributed by atoms with Crippen molar-refractivity contribution in [1.29, 1.82) is 0 Å². The van der Waals surface area contributed by atoms with Crippen LogP contribution in [-0.2, 0) is 4.79 Å². The molecular formula is C21H25N3O4. The Kier molecular flexibility index (Phi) is 4.97. The van der Waals surface area contributed by atoms with Crippen LogP contribution >= 0.6 is 0 Å². The second-order valence-electron chi connectivity index (χ2n) is 7.53. The van der Waals surface area contributed by atoms with Crippen molar-refractivity contribution in [3.63, 3.8) is 0 Å². The van der Waals surface area contributed by atoms with Crippen molar-refractivity contribution < 1.29 is 20.1 Å². The van der Waals surface area contributed by atoms with Crippen molar-refractivity contribution in [2.24, 2.45) is 5.92 Å². The average molecular weight is 383 g/mol. The highest BCUT2D eigenvalue weighted by Crippen LogP contribution is 2.48. The molecular weight excluding hydrogens is 358 g/mol. The number of aliphatic hydroxyl groups is 1.